The Labute approximate surface area is 100 Å². The van der Waals surface area contributed by atoms with Gasteiger partial charge in [0.05, 0.1) is 6.61 Å². The monoisotopic (exact) mass is 246 g/mol. The maximum absolute atomic E-state index is 10.8. The number of ether oxygens (including phenoxy) is 1. The summed E-state index contributed by atoms with van der Waals surface area (Å²) < 4.78 is 4.98. The second-order valence-corrected chi connectivity index (χ2v) is 3.83. The van der Waals surface area contributed by atoms with Gasteiger partial charge in [0.25, 0.3) is 5.97 Å². The van der Waals surface area contributed by atoms with Gasteiger partial charge < -0.3 is 11.2 Å². The first kappa shape index (κ1) is 15.1. The molecule has 0 aromatic carbocycles. The third-order valence-corrected chi connectivity index (χ3v) is 1.04. The molecule has 0 aromatic heterocycles. The van der Waals surface area contributed by atoms with E-state index in [0.29, 0.717) is 13.0 Å². The molecule has 0 saturated heterocycles. The second kappa shape index (κ2) is 7.02. The van der Waals surface area contributed by atoms with Crippen molar-refractivity contribution < 1.29 is 42.2 Å². The summed E-state index contributed by atoms with van der Waals surface area (Å²) >= 11 is 0. The van der Waals surface area contributed by atoms with Crippen molar-refractivity contribution in [2.75, 3.05) is 6.61 Å². The third kappa shape index (κ3) is 10.6. The first-order valence-corrected chi connectivity index (χ1v) is 3.89. The van der Waals surface area contributed by atoms with Crippen LogP contribution in [0.2, 0.25) is 0 Å². The van der Waals surface area contributed by atoms with Crippen LogP contribution in [0.4, 0.5) is 0 Å². The molecule has 12 heavy (non-hydrogen) atoms. The van der Waals surface area contributed by atoms with Crippen molar-refractivity contribution in [1.82, 2.24) is 0 Å². The van der Waals surface area contributed by atoms with Gasteiger partial charge in [0.2, 0.25) is 0 Å². The number of carbonyl (C=O) groups is 1. The molecule has 0 amide bonds. The fraction of sp³-hybridized carbons (Fsp3) is 0.778. The summed E-state index contributed by atoms with van der Waals surface area (Å²) in [6.45, 7) is 8.46. The second-order valence-electron chi connectivity index (χ2n) is 3.83. The van der Waals surface area contributed by atoms with E-state index in [9.17, 15) is 4.79 Å². The van der Waals surface area contributed by atoms with Gasteiger partial charge in [0.15, 0.2) is 0 Å². The number of rotatable bonds is 3. The molecule has 0 aliphatic rings. The van der Waals surface area contributed by atoms with Gasteiger partial charge in [-0.1, -0.05) is 27.2 Å². The molecule has 0 unspecified atom stereocenters. The van der Waals surface area contributed by atoms with Gasteiger partial charge in [0, 0.05) is 32.7 Å². The van der Waals surface area contributed by atoms with E-state index in [1.54, 1.807) is 6.42 Å². The minimum atomic E-state index is -0.137. The van der Waals surface area contributed by atoms with Crippen LogP contribution in [-0.2, 0) is 42.2 Å². The molecule has 0 rings (SSSR count). The largest absolute Gasteiger partial charge is 0.467 e. The summed E-state index contributed by atoms with van der Waals surface area (Å²) in [5, 5.41) is 0. The number of hydrogen-bond donors (Lipinski definition) is 0. The molecule has 0 heterocycles. The van der Waals surface area contributed by atoms with Crippen molar-refractivity contribution in [3.63, 3.8) is 0 Å². The van der Waals surface area contributed by atoms with E-state index in [1.807, 2.05) is 27.7 Å². The van der Waals surface area contributed by atoms with Crippen molar-refractivity contribution in [2.45, 2.75) is 34.1 Å². The fourth-order valence-electron chi connectivity index (χ4n) is 0.523. The Kier molecular flexibility index (Phi) is 8.82. The normalized spacial score (nSPS) is 10.3. The van der Waals surface area contributed by atoms with Gasteiger partial charge >= 0.3 is 0 Å². The average molecular weight is 246 g/mol. The van der Waals surface area contributed by atoms with E-state index in [0.717, 1.165) is 0 Å². The summed E-state index contributed by atoms with van der Waals surface area (Å²) in [4.78, 5) is 10.8. The van der Waals surface area contributed by atoms with Crippen LogP contribution in [0.3, 0.4) is 0 Å². The Morgan fingerprint density at radius 1 is 1.42 bits per heavy atom. The molecule has 0 saturated carbocycles. The first-order chi connectivity index (χ1) is 4.95. The third-order valence-electron chi connectivity index (χ3n) is 1.04. The summed E-state index contributed by atoms with van der Waals surface area (Å²) in [5.74, 6) is -0.137. The van der Waals surface area contributed by atoms with E-state index in [1.165, 1.54) is 0 Å². The van der Waals surface area contributed by atoms with Crippen molar-refractivity contribution >= 4 is 5.97 Å². The van der Waals surface area contributed by atoms with Gasteiger partial charge in [-0.05, 0) is 5.41 Å². The molecule has 0 aromatic rings. The minimum Gasteiger partial charge on any atom is -0.467 e. The van der Waals surface area contributed by atoms with Crippen molar-refractivity contribution in [3.8, 4) is 0 Å². The van der Waals surface area contributed by atoms with Gasteiger partial charge in [-0.15, -0.1) is 0 Å². The fourth-order valence-corrected chi connectivity index (χ4v) is 0.523. The zero-order valence-corrected chi connectivity index (χ0v) is 11.2. The van der Waals surface area contributed by atoms with Crippen LogP contribution in [0.5, 0.6) is 0 Å². The number of esters is 1. The molecule has 0 atom stereocenters. The van der Waals surface area contributed by atoms with Gasteiger partial charge in [-0.25, -0.2) is 0 Å². The maximum atomic E-state index is 10.8. The van der Waals surface area contributed by atoms with Crippen LogP contribution in [0.15, 0.2) is 0 Å². The first-order valence-electron chi connectivity index (χ1n) is 3.89. The van der Waals surface area contributed by atoms with Crippen LogP contribution in [-0.4, -0.2) is 12.6 Å². The predicted molar refractivity (Wildman–Crippen MR) is 45.0 cm³/mol. The van der Waals surface area contributed by atoms with Crippen LogP contribution in [0.25, 0.3) is 0 Å². The minimum absolute atomic E-state index is 0. The molecule has 0 bridgehead atoms. The molecule has 0 N–H and O–H groups in total. The summed E-state index contributed by atoms with van der Waals surface area (Å²) in [5.41, 5.74) is 0.0728. The Morgan fingerprint density at radius 3 is 2.25 bits per heavy atom. The van der Waals surface area contributed by atoms with E-state index in [-0.39, 0.29) is 44.1 Å². The summed E-state index contributed by atoms with van der Waals surface area (Å²) in [6, 6.07) is 0. The maximum Gasteiger partial charge on any atom is 0.275 e. The average Bonchev–Trinajstić information content (AvgIpc) is 1.83. The Balaban J connectivity index is 0. The van der Waals surface area contributed by atoms with E-state index in [4.69, 9.17) is 4.74 Å². The molecule has 0 spiro atoms. The molecule has 0 aliphatic carbocycles. The van der Waals surface area contributed by atoms with Crippen LogP contribution in [0, 0.1) is 11.8 Å². The van der Waals surface area contributed by atoms with Gasteiger partial charge in [-0.3, -0.25) is 4.79 Å². The molecule has 69 valence electrons. The van der Waals surface area contributed by atoms with Crippen molar-refractivity contribution in [3.05, 3.63) is 6.42 Å². The quantitative estimate of drug-likeness (QED) is 0.563. The zero-order chi connectivity index (χ0) is 8.91. The Morgan fingerprint density at radius 2 is 1.92 bits per heavy atom. The van der Waals surface area contributed by atoms with Crippen molar-refractivity contribution in [1.29, 1.82) is 0 Å². The number of hydrogen-bond acceptors (Lipinski definition) is 2. The molecule has 1 radical (unpaired) electrons. The standard InChI is InChI=1S/C9H17O2.Y/c1-5-6-8(10)11-7-9(2,3)4;/h5H,6-7H2,1-4H3;/q-1;. The molecule has 2 nitrogen and oxygen atoms in total. The van der Waals surface area contributed by atoms with E-state index in [2.05, 4.69) is 0 Å². The molecular weight excluding hydrogens is 229 g/mol. The topological polar surface area (TPSA) is 26.3 Å². The summed E-state index contributed by atoms with van der Waals surface area (Å²) in [6.07, 6.45) is 2.21. The molecular formula is C9H17O2Y-. The van der Waals surface area contributed by atoms with Crippen LogP contribution in [0.1, 0.15) is 34.1 Å². The van der Waals surface area contributed by atoms with E-state index >= 15 is 0 Å². The Hall–Kier alpha value is 0.574. The van der Waals surface area contributed by atoms with E-state index < -0.39 is 0 Å². The molecule has 3 heteroatoms. The molecule has 0 aliphatic heterocycles. The van der Waals surface area contributed by atoms with Crippen molar-refractivity contribution in [2.24, 2.45) is 5.41 Å². The Bertz CT molecular complexity index is 127. The SMILES string of the molecule is C[CH-]CC(=O)OCC(C)(C)C.[Y]. The zero-order valence-electron chi connectivity index (χ0n) is 8.39. The van der Waals surface area contributed by atoms with Gasteiger partial charge in [0.1, 0.15) is 0 Å². The molecule has 0 fully saturated rings. The van der Waals surface area contributed by atoms with Crippen LogP contribution < -0.4 is 0 Å². The van der Waals surface area contributed by atoms with Crippen LogP contribution >= 0.6 is 0 Å². The smallest absolute Gasteiger partial charge is 0.275 e. The summed E-state index contributed by atoms with van der Waals surface area (Å²) in [7, 11) is 0. The van der Waals surface area contributed by atoms with Gasteiger partial charge in [-0.2, -0.15) is 6.92 Å². The predicted octanol–water partition coefficient (Wildman–Crippen LogP) is 2.19. The number of carbonyl (C=O) groups excluding carboxylic acids is 1.